The number of allylic oxidation sites excluding steroid dienone is 2. The van der Waals surface area contributed by atoms with Gasteiger partial charge in [-0.05, 0) is 20.8 Å². The molecule has 0 heterocycles. The van der Waals surface area contributed by atoms with Gasteiger partial charge in [0.15, 0.2) is 6.10 Å². The Balaban J connectivity index is 5.25. The summed E-state index contributed by atoms with van der Waals surface area (Å²) in [6.07, 6.45) is -0.363. The first-order chi connectivity index (χ1) is 8.29. The molecule has 0 saturated heterocycles. The molecule has 2 unspecified atom stereocenters. The molecule has 0 bridgehead atoms. The normalized spacial score (nSPS) is 15.8. The zero-order chi connectivity index (χ0) is 14.3. The van der Waals surface area contributed by atoms with Crippen LogP contribution in [-0.2, 0) is 9.47 Å². The van der Waals surface area contributed by atoms with Crippen molar-refractivity contribution in [2.24, 2.45) is 11.5 Å². The maximum absolute atomic E-state index is 10.9. The van der Waals surface area contributed by atoms with Gasteiger partial charge in [0.2, 0.25) is 0 Å². The van der Waals surface area contributed by atoms with Gasteiger partial charge in [-0.1, -0.05) is 23.8 Å². The molecule has 0 aliphatic heterocycles. The van der Waals surface area contributed by atoms with Gasteiger partial charge in [-0.25, -0.2) is 9.59 Å². The standard InChI is InChI=1S/C11H17ClN2O4/c1-4-5-8(6(2)12)9(18-11(14)16)7(3)17-10(13)15/h4-5,7,9H,1-3H3,(H2,13,15)(H2,14,16). The van der Waals surface area contributed by atoms with E-state index in [0.29, 0.717) is 10.6 Å². The fourth-order valence-corrected chi connectivity index (χ4v) is 1.54. The van der Waals surface area contributed by atoms with Gasteiger partial charge < -0.3 is 20.9 Å². The molecule has 102 valence electrons. The van der Waals surface area contributed by atoms with E-state index in [1.165, 1.54) is 6.92 Å². The Morgan fingerprint density at radius 1 is 1.22 bits per heavy atom. The Morgan fingerprint density at radius 3 is 2.06 bits per heavy atom. The molecule has 0 aromatic heterocycles. The van der Waals surface area contributed by atoms with Crippen LogP contribution in [0.1, 0.15) is 20.8 Å². The molecule has 2 amide bonds. The topological polar surface area (TPSA) is 105 Å². The van der Waals surface area contributed by atoms with Crippen LogP contribution in [0.15, 0.2) is 22.8 Å². The van der Waals surface area contributed by atoms with Crippen molar-refractivity contribution in [3.8, 4) is 0 Å². The Labute approximate surface area is 111 Å². The summed E-state index contributed by atoms with van der Waals surface area (Å²) in [5.41, 5.74) is 10.4. The number of carbonyl (C=O) groups is 2. The lowest BCUT2D eigenvalue weighted by Crippen LogP contribution is -2.37. The maximum atomic E-state index is 10.9. The lowest BCUT2D eigenvalue weighted by atomic mass is 10.0. The van der Waals surface area contributed by atoms with Crippen LogP contribution in [0.3, 0.4) is 0 Å². The molecule has 0 rings (SSSR count). The number of hydrogen-bond donors (Lipinski definition) is 2. The van der Waals surface area contributed by atoms with Gasteiger partial charge in [0.1, 0.15) is 6.10 Å². The smallest absolute Gasteiger partial charge is 0.405 e. The van der Waals surface area contributed by atoms with E-state index in [0.717, 1.165) is 0 Å². The average molecular weight is 277 g/mol. The second-order valence-electron chi connectivity index (χ2n) is 3.49. The molecule has 2 atom stereocenters. The fraction of sp³-hybridized carbons (Fsp3) is 0.455. The van der Waals surface area contributed by atoms with E-state index in [9.17, 15) is 9.59 Å². The summed E-state index contributed by atoms with van der Waals surface area (Å²) >= 11 is 5.91. The molecule has 0 radical (unpaired) electrons. The average Bonchev–Trinajstić information content (AvgIpc) is 2.21. The third-order valence-corrected chi connectivity index (χ3v) is 2.24. The number of rotatable bonds is 5. The lowest BCUT2D eigenvalue weighted by Gasteiger charge is -2.24. The van der Waals surface area contributed by atoms with Crippen LogP contribution >= 0.6 is 11.6 Å². The highest BCUT2D eigenvalue weighted by Crippen LogP contribution is 2.21. The molecular formula is C11H17ClN2O4. The molecule has 0 aromatic carbocycles. The van der Waals surface area contributed by atoms with E-state index in [1.54, 1.807) is 26.0 Å². The molecule has 18 heavy (non-hydrogen) atoms. The van der Waals surface area contributed by atoms with Crippen molar-refractivity contribution in [3.05, 3.63) is 22.8 Å². The third kappa shape index (κ3) is 5.58. The van der Waals surface area contributed by atoms with E-state index in [4.69, 9.17) is 32.5 Å². The number of halogens is 1. The quantitative estimate of drug-likeness (QED) is 0.749. The highest BCUT2D eigenvalue weighted by Gasteiger charge is 2.27. The van der Waals surface area contributed by atoms with Crippen molar-refractivity contribution in [2.75, 3.05) is 0 Å². The zero-order valence-electron chi connectivity index (χ0n) is 10.5. The van der Waals surface area contributed by atoms with Gasteiger partial charge in [-0.15, -0.1) is 0 Å². The summed E-state index contributed by atoms with van der Waals surface area (Å²) in [5, 5.41) is 0.388. The second kappa shape index (κ2) is 7.60. The Kier molecular flexibility index (Phi) is 6.89. The van der Waals surface area contributed by atoms with E-state index in [2.05, 4.69) is 0 Å². The van der Waals surface area contributed by atoms with Crippen LogP contribution in [0.5, 0.6) is 0 Å². The highest BCUT2D eigenvalue weighted by atomic mass is 35.5. The van der Waals surface area contributed by atoms with Crippen LogP contribution in [0.2, 0.25) is 0 Å². The molecule has 7 heteroatoms. The van der Waals surface area contributed by atoms with Gasteiger partial charge in [-0.3, -0.25) is 0 Å². The minimum atomic E-state index is -1.00. The maximum Gasteiger partial charge on any atom is 0.405 e. The van der Waals surface area contributed by atoms with Crippen LogP contribution in [0, 0.1) is 0 Å². The monoisotopic (exact) mass is 276 g/mol. The van der Waals surface area contributed by atoms with Crippen LogP contribution in [0.25, 0.3) is 0 Å². The second-order valence-corrected chi connectivity index (χ2v) is 4.06. The first-order valence-electron chi connectivity index (χ1n) is 5.20. The molecule has 0 fully saturated rings. The molecule has 0 aromatic rings. The number of hydrogen-bond acceptors (Lipinski definition) is 4. The van der Waals surface area contributed by atoms with E-state index >= 15 is 0 Å². The summed E-state index contributed by atoms with van der Waals surface area (Å²) in [6.45, 7) is 4.90. The lowest BCUT2D eigenvalue weighted by molar-refractivity contribution is 0.0239. The summed E-state index contributed by atoms with van der Waals surface area (Å²) in [4.78, 5) is 21.6. The van der Waals surface area contributed by atoms with E-state index in [-0.39, 0.29) is 0 Å². The summed E-state index contributed by atoms with van der Waals surface area (Å²) in [6, 6.07) is 0. The first-order valence-corrected chi connectivity index (χ1v) is 5.58. The van der Waals surface area contributed by atoms with E-state index in [1.807, 2.05) is 0 Å². The highest BCUT2D eigenvalue weighted by molar-refractivity contribution is 6.29. The van der Waals surface area contributed by atoms with Gasteiger partial charge in [0.05, 0.1) is 0 Å². The number of nitrogens with two attached hydrogens (primary N) is 2. The van der Waals surface area contributed by atoms with Crippen molar-refractivity contribution in [1.82, 2.24) is 0 Å². The van der Waals surface area contributed by atoms with Gasteiger partial charge in [0, 0.05) is 10.6 Å². The van der Waals surface area contributed by atoms with Crippen molar-refractivity contribution < 1.29 is 19.1 Å². The number of ether oxygens (including phenoxy) is 2. The van der Waals surface area contributed by atoms with Crippen LogP contribution in [0.4, 0.5) is 9.59 Å². The minimum Gasteiger partial charge on any atom is -0.442 e. The van der Waals surface area contributed by atoms with Gasteiger partial charge in [0.25, 0.3) is 0 Å². The molecule has 6 nitrogen and oxygen atoms in total. The molecule has 0 saturated carbocycles. The Hall–Kier alpha value is -1.69. The molecule has 4 N–H and O–H groups in total. The van der Waals surface area contributed by atoms with Crippen molar-refractivity contribution in [2.45, 2.75) is 33.0 Å². The van der Waals surface area contributed by atoms with Crippen molar-refractivity contribution in [1.29, 1.82) is 0 Å². The molecular weight excluding hydrogens is 260 g/mol. The Bertz CT molecular complexity index is 375. The predicted octanol–water partition coefficient (Wildman–Crippen LogP) is 2.02. The summed E-state index contributed by atoms with van der Waals surface area (Å²) in [5.74, 6) is 0. The first kappa shape index (κ1) is 16.3. The number of primary amides is 2. The SMILES string of the molecule is CC=CC(=C(C)Cl)C(OC(N)=O)C(C)OC(N)=O. The van der Waals surface area contributed by atoms with Crippen molar-refractivity contribution >= 4 is 23.8 Å². The predicted molar refractivity (Wildman–Crippen MR) is 68.0 cm³/mol. The van der Waals surface area contributed by atoms with Gasteiger partial charge >= 0.3 is 12.2 Å². The molecule has 0 aliphatic rings. The van der Waals surface area contributed by atoms with Crippen molar-refractivity contribution in [3.63, 3.8) is 0 Å². The fourth-order valence-electron chi connectivity index (χ4n) is 1.37. The van der Waals surface area contributed by atoms with Crippen LogP contribution in [-0.4, -0.2) is 24.4 Å². The minimum absolute atomic E-state index is 0.388. The largest absolute Gasteiger partial charge is 0.442 e. The third-order valence-electron chi connectivity index (χ3n) is 2.02. The number of carbonyl (C=O) groups excluding carboxylic acids is 2. The summed E-state index contributed by atoms with van der Waals surface area (Å²) in [7, 11) is 0. The molecule has 0 aliphatic carbocycles. The van der Waals surface area contributed by atoms with E-state index < -0.39 is 24.4 Å². The molecule has 0 spiro atoms. The van der Waals surface area contributed by atoms with Gasteiger partial charge in [-0.2, -0.15) is 0 Å². The number of amides is 2. The zero-order valence-corrected chi connectivity index (χ0v) is 11.2. The Morgan fingerprint density at radius 2 is 1.72 bits per heavy atom. The summed E-state index contributed by atoms with van der Waals surface area (Å²) < 4.78 is 9.67. The van der Waals surface area contributed by atoms with Crippen LogP contribution < -0.4 is 11.5 Å².